The molecule has 1 N–H and O–H groups in total. The average Bonchev–Trinajstić information content (AvgIpc) is 2.91. The normalized spacial score (nSPS) is 17.0. The van der Waals surface area contributed by atoms with E-state index in [1.54, 1.807) is 17.7 Å². The van der Waals surface area contributed by atoms with Gasteiger partial charge in [0.15, 0.2) is 0 Å². The Bertz CT molecular complexity index is 578. The highest BCUT2D eigenvalue weighted by molar-refractivity contribution is 7.18. The van der Waals surface area contributed by atoms with Crippen LogP contribution in [-0.4, -0.2) is 59.3 Å². The molecular weight excluding hydrogens is 272 g/mol. The third-order valence-corrected chi connectivity index (χ3v) is 4.98. The molecule has 0 spiro atoms. The Morgan fingerprint density at radius 3 is 2.75 bits per heavy atom. The third-order valence-electron chi connectivity index (χ3n) is 3.80. The lowest BCUT2D eigenvalue weighted by Crippen LogP contribution is -2.47. The summed E-state index contributed by atoms with van der Waals surface area (Å²) in [6.07, 6.45) is 2.72. The van der Waals surface area contributed by atoms with Crippen LogP contribution in [0.4, 0.5) is 5.82 Å². The Morgan fingerprint density at radius 1 is 1.25 bits per heavy atom. The van der Waals surface area contributed by atoms with Gasteiger partial charge in [0.25, 0.3) is 0 Å². The molecule has 0 saturated carbocycles. The van der Waals surface area contributed by atoms with Crippen molar-refractivity contribution in [2.75, 3.05) is 44.2 Å². The van der Waals surface area contributed by atoms with Crippen molar-refractivity contribution in [3.05, 3.63) is 17.3 Å². The number of thiophene rings is 1. The van der Waals surface area contributed by atoms with Crippen LogP contribution in [0.5, 0.6) is 0 Å². The molecule has 2 aromatic rings. The molecule has 0 unspecified atom stereocenters. The highest BCUT2D eigenvalue weighted by Crippen LogP contribution is 2.30. The summed E-state index contributed by atoms with van der Waals surface area (Å²) in [7, 11) is 0. The number of aliphatic hydroxyl groups is 1. The number of aliphatic hydroxyl groups excluding tert-OH is 1. The van der Waals surface area contributed by atoms with E-state index in [9.17, 15) is 0 Å². The van der Waals surface area contributed by atoms with Crippen molar-refractivity contribution < 1.29 is 5.11 Å². The molecule has 2 aromatic heterocycles. The largest absolute Gasteiger partial charge is 0.395 e. The summed E-state index contributed by atoms with van der Waals surface area (Å²) >= 11 is 1.76. The van der Waals surface area contributed by atoms with Crippen LogP contribution in [0.15, 0.2) is 12.4 Å². The highest BCUT2D eigenvalue weighted by atomic mass is 32.1. The maximum atomic E-state index is 9.00. The zero-order valence-electron chi connectivity index (χ0n) is 11.7. The highest BCUT2D eigenvalue weighted by Gasteiger charge is 2.20. The van der Waals surface area contributed by atoms with Gasteiger partial charge in [-0.15, -0.1) is 11.3 Å². The molecule has 0 aliphatic carbocycles. The van der Waals surface area contributed by atoms with E-state index in [0.29, 0.717) is 0 Å². The number of hydrogen-bond donors (Lipinski definition) is 1. The van der Waals surface area contributed by atoms with Crippen molar-refractivity contribution in [1.82, 2.24) is 14.9 Å². The number of nitrogens with zero attached hydrogens (tertiary/aromatic N) is 4. The van der Waals surface area contributed by atoms with Gasteiger partial charge in [-0.2, -0.15) is 0 Å². The van der Waals surface area contributed by atoms with E-state index in [2.05, 4.69) is 32.8 Å². The molecule has 1 fully saturated rings. The number of aryl methyl sites for hydroxylation is 1. The van der Waals surface area contributed by atoms with Gasteiger partial charge in [0.2, 0.25) is 0 Å². The molecule has 108 valence electrons. The van der Waals surface area contributed by atoms with Crippen LogP contribution in [-0.2, 0) is 6.42 Å². The fourth-order valence-corrected chi connectivity index (χ4v) is 3.57. The van der Waals surface area contributed by atoms with E-state index in [1.807, 2.05) is 0 Å². The molecule has 3 rings (SSSR count). The minimum atomic E-state index is 0.238. The third kappa shape index (κ3) is 2.63. The van der Waals surface area contributed by atoms with E-state index in [4.69, 9.17) is 5.11 Å². The quantitative estimate of drug-likeness (QED) is 0.922. The second kappa shape index (κ2) is 6.03. The standard InChI is InChI=1S/C14H20N4OS/c1-2-11-9-12-13(15-10-16-14(12)20-11)18-5-3-17(4-6-18)7-8-19/h9-10,19H,2-8H2,1H3. The summed E-state index contributed by atoms with van der Waals surface area (Å²) in [6.45, 7) is 7.07. The first-order valence-corrected chi connectivity index (χ1v) is 7.95. The van der Waals surface area contributed by atoms with Gasteiger partial charge in [-0.05, 0) is 12.5 Å². The van der Waals surface area contributed by atoms with Crippen molar-refractivity contribution in [2.24, 2.45) is 0 Å². The van der Waals surface area contributed by atoms with Gasteiger partial charge in [0.05, 0.1) is 12.0 Å². The zero-order valence-corrected chi connectivity index (χ0v) is 12.6. The average molecular weight is 292 g/mol. The molecule has 3 heterocycles. The van der Waals surface area contributed by atoms with Crippen molar-refractivity contribution in [3.63, 3.8) is 0 Å². The van der Waals surface area contributed by atoms with Gasteiger partial charge in [-0.3, -0.25) is 4.90 Å². The second-order valence-electron chi connectivity index (χ2n) is 5.03. The smallest absolute Gasteiger partial charge is 0.140 e. The number of β-amino-alcohol motifs (C(OH)–C–C–N with tert-alkyl or cyclic N) is 1. The van der Waals surface area contributed by atoms with Crippen molar-refractivity contribution >= 4 is 27.4 Å². The van der Waals surface area contributed by atoms with Gasteiger partial charge in [0.1, 0.15) is 17.0 Å². The second-order valence-corrected chi connectivity index (χ2v) is 6.15. The first-order chi connectivity index (χ1) is 9.81. The molecule has 0 aromatic carbocycles. The Labute approximate surface area is 122 Å². The van der Waals surface area contributed by atoms with E-state index in [-0.39, 0.29) is 6.61 Å². The predicted molar refractivity (Wildman–Crippen MR) is 82.5 cm³/mol. The van der Waals surface area contributed by atoms with Crippen LogP contribution in [0.2, 0.25) is 0 Å². The number of anilines is 1. The molecule has 0 bridgehead atoms. The molecule has 1 saturated heterocycles. The molecular formula is C14H20N4OS. The van der Waals surface area contributed by atoms with E-state index >= 15 is 0 Å². The SMILES string of the molecule is CCc1cc2c(N3CCN(CCO)CC3)ncnc2s1. The lowest BCUT2D eigenvalue weighted by Gasteiger charge is -2.35. The molecule has 0 atom stereocenters. The summed E-state index contributed by atoms with van der Waals surface area (Å²) in [5.74, 6) is 1.06. The summed E-state index contributed by atoms with van der Waals surface area (Å²) in [5, 5.41) is 10.2. The van der Waals surface area contributed by atoms with Gasteiger partial charge in [0, 0.05) is 37.6 Å². The van der Waals surface area contributed by atoms with Crippen molar-refractivity contribution in [1.29, 1.82) is 0 Å². The first kappa shape index (κ1) is 13.7. The number of piperazine rings is 1. The summed E-state index contributed by atoms with van der Waals surface area (Å²) in [4.78, 5) is 16.0. The molecule has 5 nitrogen and oxygen atoms in total. The van der Waals surface area contributed by atoms with Gasteiger partial charge in [-0.1, -0.05) is 6.92 Å². The Morgan fingerprint density at radius 2 is 2.05 bits per heavy atom. The van der Waals surface area contributed by atoms with Crippen LogP contribution in [0, 0.1) is 0 Å². The molecule has 0 radical (unpaired) electrons. The monoisotopic (exact) mass is 292 g/mol. The summed E-state index contributed by atoms with van der Waals surface area (Å²) < 4.78 is 0. The zero-order chi connectivity index (χ0) is 13.9. The van der Waals surface area contributed by atoms with Gasteiger partial charge >= 0.3 is 0 Å². The van der Waals surface area contributed by atoms with Crippen molar-refractivity contribution in [3.8, 4) is 0 Å². The topological polar surface area (TPSA) is 52.5 Å². The molecule has 0 amide bonds. The Hall–Kier alpha value is -1.24. The van der Waals surface area contributed by atoms with Crippen LogP contribution in [0.25, 0.3) is 10.2 Å². The maximum Gasteiger partial charge on any atom is 0.140 e. The number of rotatable bonds is 4. The Balaban J connectivity index is 1.82. The van der Waals surface area contributed by atoms with E-state index in [0.717, 1.165) is 49.8 Å². The minimum Gasteiger partial charge on any atom is -0.395 e. The summed E-state index contributed by atoms with van der Waals surface area (Å²) in [5.41, 5.74) is 0. The van der Waals surface area contributed by atoms with E-state index in [1.165, 1.54) is 10.3 Å². The predicted octanol–water partition coefficient (Wildman–Crippen LogP) is 1.37. The fourth-order valence-electron chi connectivity index (χ4n) is 2.64. The molecule has 1 aliphatic rings. The lowest BCUT2D eigenvalue weighted by atomic mass is 10.2. The van der Waals surface area contributed by atoms with Gasteiger partial charge < -0.3 is 10.0 Å². The van der Waals surface area contributed by atoms with Crippen LogP contribution in [0.1, 0.15) is 11.8 Å². The first-order valence-electron chi connectivity index (χ1n) is 7.13. The molecule has 1 aliphatic heterocycles. The van der Waals surface area contributed by atoms with Crippen molar-refractivity contribution in [2.45, 2.75) is 13.3 Å². The lowest BCUT2D eigenvalue weighted by molar-refractivity contribution is 0.188. The number of hydrogen-bond acceptors (Lipinski definition) is 6. The minimum absolute atomic E-state index is 0.238. The molecule has 6 heteroatoms. The maximum absolute atomic E-state index is 9.00. The van der Waals surface area contributed by atoms with Crippen LogP contribution < -0.4 is 4.90 Å². The van der Waals surface area contributed by atoms with E-state index < -0.39 is 0 Å². The van der Waals surface area contributed by atoms with Crippen LogP contribution >= 0.6 is 11.3 Å². The van der Waals surface area contributed by atoms with Gasteiger partial charge in [-0.25, -0.2) is 9.97 Å². The number of aromatic nitrogens is 2. The number of fused-ring (bicyclic) bond motifs is 1. The van der Waals surface area contributed by atoms with Crippen LogP contribution in [0.3, 0.4) is 0 Å². The Kier molecular flexibility index (Phi) is 4.14. The summed E-state index contributed by atoms with van der Waals surface area (Å²) in [6, 6.07) is 2.23. The molecule has 20 heavy (non-hydrogen) atoms. The fraction of sp³-hybridized carbons (Fsp3) is 0.571.